The zero-order valence-corrected chi connectivity index (χ0v) is 15.0. The maximum Gasteiger partial charge on any atom is 0.339 e. The lowest BCUT2D eigenvalue weighted by atomic mass is 10.2. The first-order chi connectivity index (χ1) is 12.5. The van der Waals surface area contributed by atoms with Gasteiger partial charge in [-0.05, 0) is 18.6 Å². The van der Waals surface area contributed by atoms with Crippen molar-refractivity contribution in [3.63, 3.8) is 0 Å². The first kappa shape index (κ1) is 19.2. The molecule has 0 bridgehead atoms. The number of carbonyl (C=O) groups excluding carboxylic acids is 2. The van der Waals surface area contributed by atoms with E-state index in [9.17, 15) is 14.4 Å². The van der Waals surface area contributed by atoms with Gasteiger partial charge >= 0.3 is 5.97 Å². The smallest absolute Gasteiger partial charge is 0.339 e. The number of aromatic amines is 1. The van der Waals surface area contributed by atoms with E-state index in [4.69, 9.17) is 5.26 Å². The van der Waals surface area contributed by atoms with Crippen LogP contribution in [0.15, 0.2) is 34.2 Å². The van der Waals surface area contributed by atoms with Gasteiger partial charge in [0.2, 0.25) is 5.91 Å². The van der Waals surface area contributed by atoms with E-state index in [0.29, 0.717) is 17.8 Å². The molecule has 1 amide bonds. The van der Waals surface area contributed by atoms with Crippen LogP contribution in [0.25, 0.3) is 0 Å². The maximum absolute atomic E-state index is 12.2. The number of nitrogens with one attached hydrogen (secondary N) is 2. The average Bonchev–Trinajstić information content (AvgIpc) is 2.65. The lowest BCUT2D eigenvalue weighted by Gasteiger charge is -2.09. The fraction of sp³-hybridized carbons (Fsp3) is 0.235. The molecule has 2 N–H and O–H groups in total. The van der Waals surface area contributed by atoms with Crippen molar-refractivity contribution in [1.82, 2.24) is 9.97 Å². The van der Waals surface area contributed by atoms with Crippen LogP contribution in [-0.4, -0.2) is 34.7 Å². The molecule has 0 fully saturated rings. The van der Waals surface area contributed by atoms with E-state index in [0.717, 1.165) is 11.8 Å². The highest BCUT2D eigenvalue weighted by Crippen LogP contribution is 2.18. The van der Waals surface area contributed by atoms with Crippen molar-refractivity contribution >= 4 is 29.3 Å². The molecular formula is C17H16N4O4S. The summed E-state index contributed by atoms with van der Waals surface area (Å²) in [5, 5.41) is 11.9. The largest absolute Gasteiger partial charge is 0.465 e. The van der Waals surface area contributed by atoms with Crippen molar-refractivity contribution in [3.05, 3.63) is 51.4 Å². The molecular weight excluding hydrogens is 356 g/mol. The van der Waals surface area contributed by atoms with Crippen molar-refractivity contribution in [1.29, 1.82) is 5.26 Å². The van der Waals surface area contributed by atoms with Crippen LogP contribution in [0.4, 0.5) is 5.69 Å². The van der Waals surface area contributed by atoms with Crippen LogP contribution < -0.4 is 10.9 Å². The molecule has 134 valence electrons. The number of H-pyrrole nitrogens is 1. The summed E-state index contributed by atoms with van der Waals surface area (Å²) in [7, 11) is 1.26. The van der Waals surface area contributed by atoms with Crippen molar-refractivity contribution in [2.24, 2.45) is 0 Å². The van der Waals surface area contributed by atoms with Crippen molar-refractivity contribution in [3.8, 4) is 6.07 Å². The Morgan fingerprint density at radius 3 is 2.77 bits per heavy atom. The minimum atomic E-state index is -0.556. The average molecular weight is 372 g/mol. The second-order valence-electron chi connectivity index (χ2n) is 5.03. The molecule has 9 heteroatoms. The van der Waals surface area contributed by atoms with Crippen molar-refractivity contribution in [2.75, 3.05) is 18.2 Å². The Labute approximate surface area is 153 Å². The van der Waals surface area contributed by atoms with E-state index in [1.807, 2.05) is 6.07 Å². The first-order valence-corrected chi connectivity index (χ1v) is 8.62. The summed E-state index contributed by atoms with van der Waals surface area (Å²) in [6.45, 7) is 1.79. The highest BCUT2D eigenvalue weighted by Gasteiger charge is 2.15. The van der Waals surface area contributed by atoms with E-state index in [1.54, 1.807) is 31.2 Å². The number of nitriles is 1. The van der Waals surface area contributed by atoms with Crippen LogP contribution in [-0.2, 0) is 16.0 Å². The number of benzene rings is 1. The maximum atomic E-state index is 12.2. The molecule has 8 nitrogen and oxygen atoms in total. The molecule has 0 aliphatic carbocycles. The molecule has 26 heavy (non-hydrogen) atoms. The zero-order chi connectivity index (χ0) is 19.1. The fourth-order valence-corrected chi connectivity index (χ4v) is 2.82. The van der Waals surface area contributed by atoms with Crippen LogP contribution in [0.2, 0.25) is 0 Å². The Morgan fingerprint density at radius 2 is 2.12 bits per heavy atom. The number of amides is 1. The van der Waals surface area contributed by atoms with E-state index in [-0.39, 0.29) is 27.9 Å². The first-order valence-electron chi connectivity index (χ1n) is 7.63. The molecule has 1 heterocycles. The van der Waals surface area contributed by atoms with Crippen LogP contribution >= 0.6 is 11.8 Å². The number of para-hydroxylation sites is 1. The highest BCUT2D eigenvalue weighted by atomic mass is 32.2. The summed E-state index contributed by atoms with van der Waals surface area (Å²) < 4.78 is 4.68. The van der Waals surface area contributed by atoms with Gasteiger partial charge in [0.25, 0.3) is 5.56 Å². The molecule has 0 saturated carbocycles. The number of rotatable bonds is 6. The Morgan fingerprint density at radius 1 is 1.38 bits per heavy atom. The van der Waals surface area contributed by atoms with E-state index in [1.165, 1.54) is 7.11 Å². The topological polar surface area (TPSA) is 125 Å². The van der Waals surface area contributed by atoms with Gasteiger partial charge in [-0.1, -0.05) is 30.8 Å². The standard InChI is InChI=1S/C17H16N4O4S/c1-3-12-11(8-18)15(23)21-17(20-12)26-9-14(22)19-13-7-5-4-6-10(13)16(24)25-2/h4-7H,3,9H2,1-2H3,(H,19,22)(H,20,21,23). The van der Waals surface area contributed by atoms with Gasteiger partial charge in [-0.25, -0.2) is 9.78 Å². The van der Waals surface area contributed by atoms with Crippen molar-refractivity contribution in [2.45, 2.75) is 18.5 Å². The van der Waals surface area contributed by atoms with Crippen molar-refractivity contribution < 1.29 is 14.3 Å². The second-order valence-corrected chi connectivity index (χ2v) is 6.00. The van der Waals surface area contributed by atoms with Crippen LogP contribution in [0, 0.1) is 11.3 Å². The molecule has 0 atom stereocenters. The summed E-state index contributed by atoms with van der Waals surface area (Å²) >= 11 is 1.03. The zero-order valence-electron chi connectivity index (χ0n) is 14.2. The predicted octanol–water partition coefficient (Wildman–Crippen LogP) is 1.72. The lowest BCUT2D eigenvalue weighted by Crippen LogP contribution is -2.19. The van der Waals surface area contributed by atoms with Gasteiger partial charge in [0, 0.05) is 0 Å². The van der Waals surface area contributed by atoms with E-state index in [2.05, 4.69) is 20.0 Å². The molecule has 0 saturated heterocycles. The Hall–Kier alpha value is -3.12. The van der Waals surface area contributed by atoms with Gasteiger partial charge in [-0.3, -0.25) is 9.59 Å². The Balaban J connectivity index is 2.09. The minimum Gasteiger partial charge on any atom is -0.465 e. The molecule has 1 aromatic carbocycles. The molecule has 2 rings (SSSR count). The predicted molar refractivity (Wildman–Crippen MR) is 96.1 cm³/mol. The molecule has 0 spiro atoms. The number of aromatic nitrogens is 2. The van der Waals surface area contributed by atoms with Gasteiger partial charge in [0.1, 0.15) is 11.6 Å². The third kappa shape index (κ3) is 4.49. The van der Waals surface area contributed by atoms with Crippen LogP contribution in [0.3, 0.4) is 0 Å². The van der Waals surface area contributed by atoms with Gasteiger partial charge in [-0.2, -0.15) is 5.26 Å². The Bertz CT molecular complexity index is 933. The number of anilines is 1. The van der Waals surface area contributed by atoms with E-state index < -0.39 is 11.5 Å². The number of carbonyl (C=O) groups is 2. The molecule has 0 unspecified atom stereocenters. The number of aryl methyl sites for hydroxylation is 1. The summed E-state index contributed by atoms with van der Waals surface area (Å²) in [6.07, 6.45) is 0.430. The minimum absolute atomic E-state index is 0.0201. The van der Waals surface area contributed by atoms with Gasteiger partial charge in [0.15, 0.2) is 5.16 Å². The molecule has 1 aromatic heterocycles. The molecule has 0 aliphatic heterocycles. The number of nitrogens with zero attached hydrogens (tertiary/aromatic N) is 2. The van der Waals surface area contributed by atoms with Crippen LogP contribution in [0.1, 0.15) is 28.5 Å². The number of esters is 1. The third-order valence-electron chi connectivity index (χ3n) is 3.37. The number of ether oxygens (including phenoxy) is 1. The summed E-state index contributed by atoms with van der Waals surface area (Å²) in [6, 6.07) is 8.30. The monoisotopic (exact) mass is 372 g/mol. The lowest BCUT2D eigenvalue weighted by molar-refractivity contribution is -0.113. The van der Waals surface area contributed by atoms with Gasteiger partial charge in [0.05, 0.1) is 29.8 Å². The summed E-state index contributed by atoms with van der Waals surface area (Å²) in [4.78, 5) is 42.4. The number of methoxy groups -OCH3 is 1. The molecule has 0 aliphatic rings. The summed E-state index contributed by atoms with van der Waals surface area (Å²) in [5.41, 5.74) is 0.411. The SMILES string of the molecule is CCc1nc(SCC(=O)Nc2ccccc2C(=O)OC)[nH]c(=O)c1C#N. The van der Waals surface area contributed by atoms with E-state index >= 15 is 0 Å². The highest BCUT2D eigenvalue weighted by molar-refractivity contribution is 7.99. The summed E-state index contributed by atoms with van der Waals surface area (Å²) in [5.74, 6) is -0.969. The fourth-order valence-electron chi connectivity index (χ4n) is 2.14. The normalized spacial score (nSPS) is 10.0. The van der Waals surface area contributed by atoms with Gasteiger partial charge in [-0.15, -0.1) is 0 Å². The number of hydrogen-bond acceptors (Lipinski definition) is 7. The number of hydrogen-bond donors (Lipinski definition) is 2. The van der Waals surface area contributed by atoms with Gasteiger partial charge < -0.3 is 15.0 Å². The second kappa shape index (κ2) is 8.82. The van der Waals surface area contributed by atoms with Crippen LogP contribution in [0.5, 0.6) is 0 Å². The quantitative estimate of drug-likeness (QED) is 0.449. The third-order valence-corrected chi connectivity index (χ3v) is 4.24. The Kier molecular flexibility index (Phi) is 6.52. The molecule has 0 radical (unpaired) electrons. The molecule has 2 aromatic rings. The number of thioether (sulfide) groups is 1.